The van der Waals surface area contributed by atoms with Crippen molar-refractivity contribution >= 4 is 11.5 Å². The Bertz CT molecular complexity index is 485. The summed E-state index contributed by atoms with van der Waals surface area (Å²) in [7, 11) is 0. The molecule has 0 atom stereocenters. The second-order valence-electron chi connectivity index (χ2n) is 4.21. The van der Waals surface area contributed by atoms with Crippen molar-refractivity contribution in [3.63, 3.8) is 0 Å². The first kappa shape index (κ1) is 12.5. The number of hydrogen-bond donors (Lipinski definition) is 2. The van der Waals surface area contributed by atoms with Crippen molar-refractivity contribution in [2.24, 2.45) is 0 Å². The summed E-state index contributed by atoms with van der Waals surface area (Å²) in [4.78, 5) is 0. The van der Waals surface area contributed by atoms with E-state index in [0.29, 0.717) is 0 Å². The molecule has 0 aliphatic carbocycles. The van der Waals surface area contributed by atoms with Crippen LogP contribution in [0, 0.1) is 6.92 Å². The van der Waals surface area contributed by atoms with Gasteiger partial charge in [0.15, 0.2) is 0 Å². The Morgan fingerprint density at radius 2 is 2.28 bits per heavy atom. The number of nitrogens with one attached hydrogen (secondary N) is 1. The summed E-state index contributed by atoms with van der Waals surface area (Å²) in [6.45, 7) is 6.56. The van der Waals surface area contributed by atoms with Crippen molar-refractivity contribution in [1.82, 2.24) is 19.6 Å². The van der Waals surface area contributed by atoms with Crippen LogP contribution in [0.2, 0.25) is 0 Å². The summed E-state index contributed by atoms with van der Waals surface area (Å²) in [5, 5.41) is 11.9. The van der Waals surface area contributed by atoms with E-state index in [1.807, 2.05) is 28.6 Å². The van der Waals surface area contributed by atoms with Crippen LogP contribution in [0.5, 0.6) is 0 Å². The lowest BCUT2D eigenvalue weighted by molar-refractivity contribution is 0.588. The summed E-state index contributed by atoms with van der Waals surface area (Å²) < 4.78 is 3.83. The average Bonchev–Trinajstić information content (AvgIpc) is 2.96. The van der Waals surface area contributed by atoms with Gasteiger partial charge in [-0.3, -0.25) is 4.68 Å². The monoisotopic (exact) mass is 248 g/mol. The first-order chi connectivity index (χ1) is 8.72. The van der Waals surface area contributed by atoms with E-state index in [1.54, 1.807) is 6.20 Å². The molecule has 0 unspecified atom stereocenters. The molecule has 0 aromatic carbocycles. The third-order valence-electron chi connectivity index (χ3n) is 2.89. The van der Waals surface area contributed by atoms with Crippen LogP contribution in [0.15, 0.2) is 18.5 Å². The van der Waals surface area contributed by atoms with Gasteiger partial charge in [0.1, 0.15) is 5.82 Å². The number of nitrogens with zero attached hydrogens (tertiary/aromatic N) is 4. The number of anilines is 2. The predicted molar refractivity (Wildman–Crippen MR) is 72.4 cm³/mol. The van der Waals surface area contributed by atoms with Crippen molar-refractivity contribution < 1.29 is 0 Å². The zero-order valence-electron chi connectivity index (χ0n) is 10.9. The number of aromatic nitrogens is 4. The van der Waals surface area contributed by atoms with Gasteiger partial charge < -0.3 is 11.1 Å². The molecular formula is C12H20N6. The lowest BCUT2D eigenvalue weighted by atomic mass is 10.3. The van der Waals surface area contributed by atoms with Gasteiger partial charge >= 0.3 is 0 Å². The molecule has 0 saturated heterocycles. The topological polar surface area (TPSA) is 73.7 Å². The highest BCUT2D eigenvalue weighted by atomic mass is 15.3. The van der Waals surface area contributed by atoms with Gasteiger partial charge in [0, 0.05) is 32.0 Å². The molecule has 0 aliphatic heterocycles. The van der Waals surface area contributed by atoms with Crippen molar-refractivity contribution in [1.29, 1.82) is 0 Å². The molecule has 0 saturated carbocycles. The maximum atomic E-state index is 5.99. The van der Waals surface area contributed by atoms with Gasteiger partial charge in [-0.25, -0.2) is 4.68 Å². The van der Waals surface area contributed by atoms with Gasteiger partial charge in [0.2, 0.25) is 0 Å². The van der Waals surface area contributed by atoms with Gasteiger partial charge in [-0.2, -0.15) is 10.2 Å². The van der Waals surface area contributed by atoms with E-state index in [1.165, 1.54) is 0 Å². The molecule has 18 heavy (non-hydrogen) atoms. The van der Waals surface area contributed by atoms with E-state index in [4.69, 9.17) is 5.73 Å². The molecular weight excluding hydrogens is 228 g/mol. The van der Waals surface area contributed by atoms with E-state index < -0.39 is 0 Å². The van der Waals surface area contributed by atoms with Crippen molar-refractivity contribution in [2.45, 2.75) is 33.4 Å². The van der Waals surface area contributed by atoms with Gasteiger partial charge in [-0.1, -0.05) is 0 Å². The standard InChI is InChI=1S/C12H20N6/c1-3-18-12(11(13)10(2)16-18)14-6-4-8-17-9-5-7-15-17/h5,7,9,14H,3-4,6,8,13H2,1-2H3. The summed E-state index contributed by atoms with van der Waals surface area (Å²) >= 11 is 0. The largest absolute Gasteiger partial charge is 0.394 e. The van der Waals surface area contributed by atoms with Crippen LogP contribution in [-0.4, -0.2) is 26.1 Å². The van der Waals surface area contributed by atoms with E-state index >= 15 is 0 Å². The molecule has 3 N–H and O–H groups in total. The molecule has 0 bridgehead atoms. The molecule has 6 heteroatoms. The third-order valence-corrected chi connectivity index (χ3v) is 2.89. The molecule has 0 amide bonds. The van der Waals surface area contributed by atoms with Crippen molar-refractivity contribution in [2.75, 3.05) is 17.6 Å². The van der Waals surface area contributed by atoms with Crippen LogP contribution >= 0.6 is 0 Å². The summed E-state index contributed by atoms with van der Waals surface area (Å²) in [6.07, 6.45) is 4.75. The highest BCUT2D eigenvalue weighted by Gasteiger charge is 2.10. The number of nitrogens with two attached hydrogens (primary N) is 1. The third kappa shape index (κ3) is 2.64. The summed E-state index contributed by atoms with van der Waals surface area (Å²) in [6, 6.07) is 1.93. The Morgan fingerprint density at radius 3 is 2.94 bits per heavy atom. The van der Waals surface area contributed by atoms with Gasteiger partial charge in [0.25, 0.3) is 0 Å². The zero-order chi connectivity index (χ0) is 13.0. The minimum absolute atomic E-state index is 0.746. The molecule has 0 aliphatic rings. The molecule has 0 spiro atoms. The maximum Gasteiger partial charge on any atom is 0.148 e. The van der Waals surface area contributed by atoms with Crippen LogP contribution in [0.1, 0.15) is 19.0 Å². The number of hydrogen-bond acceptors (Lipinski definition) is 4. The molecule has 2 heterocycles. The van der Waals surface area contributed by atoms with E-state index in [2.05, 4.69) is 22.4 Å². The van der Waals surface area contributed by atoms with Gasteiger partial charge in [-0.05, 0) is 26.3 Å². The minimum atomic E-state index is 0.746. The number of aryl methyl sites for hydroxylation is 3. The Labute approximate surface area is 107 Å². The zero-order valence-corrected chi connectivity index (χ0v) is 10.9. The van der Waals surface area contributed by atoms with Crippen molar-refractivity contribution in [3.8, 4) is 0 Å². The lowest BCUT2D eigenvalue weighted by Crippen LogP contribution is -2.11. The normalized spacial score (nSPS) is 10.8. The van der Waals surface area contributed by atoms with Gasteiger partial charge in [0.05, 0.1) is 11.4 Å². The second-order valence-corrected chi connectivity index (χ2v) is 4.21. The van der Waals surface area contributed by atoms with E-state index in [-0.39, 0.29) is 0 Å². The molecule has 2 rings (SSSR count). The summed E-state index contributed by atoms with van der Waals surface area (Å²) in [5.41, 5.74) is 7.62. The van der Waals surface area contributed by atoms with Crippen LogP contribution in [0.3, 0.4) is 0 Å². The van der Waals surface area contributed by atoms with Gasteiger partial charge in [-0.15, -0.1) is 0 Å². The highest BCUT2D eigenvalue weighted by molar-refractivity contribution is 5.64. The Morgan fingerprint density at radius 1 is 1.44 bits per heavy atom. The predicted octanol–water partition coefficient (Wildman–Crippen LogP) is 1.49. The average molecular weight is 248 g/mol. The van der Waals surface area contributed by atoms with Crippen LogP contribution in [0.25, 0.3) is 0 Å². The Hall–Kier alpha value is -1.98. The fourth-order valence-electron chi connectivity index (χ4n) is 1.89. The minimum Gasteiger partial charge on any atom is -0.394 e. The molecule has 98 valence electrons. The lowest BCUT2D eigenvalue weighted by Gasteiger charge is -2.09. The molecule has 0 radical (unpaired) electrons. The molecule has 0 fully saturated rings. The highest BCUT2D eigenvalue weighted by Crippen LogP contribution is 2.21. The summed E-state index contributed by atoms with van der Waals surface area (Å²) in [5.74, 6) is 0.926. The quantitative estimate of drug-likeness (QED) is 0.760. The van der Waals surface area contributed by atoms with E-state index in [0.717, 1.165) is 43.3 Å². The molecule has 2 aromatic rings. The Kier molecular flexibility index (Phi) is 3.86. The fourth-order valence-corrected chi connectivity index (χ4v) is 1.89. The number of rotatable bonds is 6. The van der Waals surface area contributed by atoms with E-state index in [9.17, 15) is 0 Å². The SMILES string of the molecule is CCn1nc(C)c(N)c1NCCCn1cccn1. The Balaban J connectivity index is 1.86. The number of nitrogen functional groups attached to an aromatic ring is 1. The fraction of sp³-hybridized carbons (Fsp3) is 0.500. The van der Waals surface area contributed by atoms with Crippen LogP contribution in [0.4, 0.5) is 11.5 Å². The van der Waals surface area contributed by atoms with Crippen molar-refractivity contribution in [3.05, 3.63) is 24.2 Å². The van der Waals surface area contributed by atoms with Crippen LogP contribution < -0.4 is 11.1 Å². The maximum absolute atomic E-state index is 5.99. The van der Waals surface area contributed by atoms with Crippen LogP contribution in [-0.2, 0) is 13.1 Å². The molecule has 6 nitrogen and oxygen atoms in total. The first-order valence-electron chi connectivity index (χ1n) is 6.26. The molecule has 2 aromatic heterocycles. The second kappa shape index (κ2) is 5.57. The first-order valence-corrected chi connectivity index (χ1v) is 6.26. The smallest absolute Gasteiger partial charge is 0.148 e.